The van der Waals surface area contributed by atoms with Crippen molar-refractivity contribution in [2.24, 2.45) is 0 Å². The van der Waals surface area contributed by atoms with Gasteiger partial charge in [0.15, 0.2) is 5.82 Å². The van der Waals surface area contributed by atoms with Crippen molar-refractivity contribution >= 4 is 11.6 Å². The fourth-order valence-electron chi connectivity index (χ4n) is 3.11. The van der Waals surface area contributed by atoms with Crippen LogP contribution in [0.2, 0.25) is 0 Å². The fraction of sp³-hybridized carbons (Fsp3) is 0.263. The van der Waals surface area contributed by atoms with Gasteiger partial charge in [0, 0.05) is 43.0 Å². The Balaban J connectivity index is 1.29. The molecule has 1 unspecified atom stereocenters. The summed E-state index contributed by atoms with van der Waals surface area (Å²) >= 11 is 0. The van der Waals surface area contributed by atoms with Crippen molar-refractivity contribution in [1.29, 1.82) is 0 Å². The molecule has 2 aromatic heterocycles. The zero-order valence-electron chi connectivity index (χ0n) is 14.5. The Morgan fingerprint density at radius 2 is 2.27 bits per heavy atom. The van der Waals surface area contributed by atoms with E-state index in [1.54, 1.807) is 12.4 Å². The number of amides is 1. The van der Waals surface area contributed by atoms with Crippen LogP contribution in [0, 0.1) is 6.92 Å². The van der Waals surface area contributed by atoms with Crippen LogP contribution in [0.4, 0.5) is 5.69 Å². The summed E-state index contributed by atoms with van der Waals surface area (Å²) in [6.45, 7) is 2.57. The second-order valence-electron chi connectivity index (χ2n) is 6.45. The molecule has 0 radical (unpaired) electrons. The average molecular weight is 348 g/mol. The van der Waals surface area contributed by atoms with Crippen LogP contribution in [0.5, 0.6) is 0 Å². The van der Waals surface area contributed by atoms with E-state index >= 15 is 0 Å². The average Bonchev–Trinajstić information content (AvgIpc) is 3.29. The van der Waals surface area contributed by atoms with E-state index in [-0.39, 0.29) is 11.9 Å². The summed E-state index contributed by atoms with van der Waals surface area (Å²) in [4.78, 5) is 20.9. The van der Waals surface area contributed by atoms with Crippen molar-refractivity contribution in [3.8, 4) is 11.4 Å². The summed E-state index contributed by atoms with van der Waals surface area (Å²) in [7, 11) is 0. The summed E-state index contributed by atoms with van der Waals surface area (Å²) in [5.74, 6) is 1.36. The molecule has 26 heavy (non-hydrogen) atoms. The number of carbonyl (C=O) groups is 1. The molecular weight excluding hydrogens is 328 g/mol. The van der Waals surface area contributed by atoms with Crippen LogP contribution < -0.4 is 10.6 Å². The van der Waals surface area contributed by atoms with Gasteiger partial charge in [-0.25, -0.2) is 4.98 Å². The number of aromatic amines is 1. The highest BCUT2D eigenvalue weighted by Gasteiger charge is 2.26. The minimum absolute atomic E-state index is 0.00542. The first-order chi connectivity index (χ1) is 12.7. The van der Waals surface area contributed by atoms with E-state index in [2.05, 4.69) is 49.9 Å². The topological polar surface area (TPSA) is 95.6 Å². The molecule has 7 nitrogen and oxygen atoms in total. The van der Waals surface area contributed by atoms with E-state index < -0.39 is 0 Å². The van der Waals surface area contributed by atoms with Gasteiger partial charge < -0.3 is 10.6 Å². The second-order valence-corrected chi connectivity index (χ2v) is 6.45. The molecule has 1 amide bonds. The molecule has 7 heteroatoms. The van der Waals surface area contributed by atoms with Gasteiger partial charge in [-0.2, -0.15) is 5.10 Å². The van der Waals surface area contributed by atoms with Crippen LogP contribution in [0.25, 0.3) is 11.4 Å². The Labute approximate surface area is 151 Å². The van der Waals surface area contributed by atoms with Gasteiger partial charge >= 0.3 is 0 Å². The van der Waals surface area contributed by atoms with E-state index in [9.17, 15) is 4.79 Å². The third-order valence-electron chi connectivity index (χ3n) is 4.44. The van der Waals surface area contributed by atoms with E-state index in [1.807, 2.05) is 18.2 Å². The summed E-state index contributed by atoms with van der Waals surface area (Å²) in [5, 5.41) is 13.4. The molecule has 1 aliphatic rings. The number of aromatic nitrogens is 4. The Hall–Kier alpha value is -3.22. The van der Waals surface area contributed by atoms with Crippen molar-refractivity contribution in [3.63, 3.8) is 0 Å². The normalized spacial score (nSPS) is 15.3. The highest BCUT2D eigenvalue weighted by atomic mass is 16.2. The molecule has 0 fully saturated rings. The minimum Gasteiger partial charge on any atom is -0.373 e. The van der Waals surface area contributed by atoms with E-state index in [1.165, 1.54) is 11.1 Å². The van der Waals surface area contributed by atoms with Crippen LogP contribution in [0.3, 0.4) is 0 Å². The number of H-pyrrole nitrogens is 1. The van der Waals surface area contributed by atoms with Crippen molar-refractivity contribution in [2.45, 2.75) is 25.8 Å². The predicted molar refractivity (Wildman–Crippen MR) is 98.6 cm³/mol. The quantitative estimate of drug-likeness (QED) is 0.654. The first kappa shape index (κ1) is 16.3. The summed E-state index contributed by atoms with van der Waals surface area (Å²) < 4.78 is 0. The maximum absolute atomic E-state index is 12.4. The molecule has 4 rings (SSSR count). The molecule has 0 spiro atoms. The van der Waals surface area contributed by atoms with Gasteiger partial charge in [-0.05, 0) is 30.7 Å². The van der Waals surface area contributed by atoms with Crippen LogP contribution in [0.1, 0.15) is 17.0 Å². The molecule has 132 valence electrons. The van der Waals surface area contributed by atoms with Gasteiger partial charge in [-0.1, -0.05) is 17.7 Å². The number of pyridine rings is 1. The molecule has 3 heterocycles. The number of anilines is 1. The number of nitrogens with zero attached hydrogens (tertiary/aromatic N) is 3. The van der Waals surface area contributed by atoms with Gasteiger partial charge in [0.25, 0.3) is 0 Å². The lowest BCUT2D eigenvalue weighted by Crippen LogP contribution is -2.39. The van der Waals surface area contributed by atoms with Gasteiger partial charge in [0.05, 0.1) is 0 Å². The molecule has 1 aromatic carbocycles. The molecule has 3 aromatic rings. The maximum Gasteiger partial charge on any atom is 0.242 e. The molecule has 3 N–H and O–H groups in total. The molecule has 1 aliphatic heterocycles. The number of hydrogen-bond acceptors (Lipinski definition) is 5. The number of aryl methyl sites for hydroxylation is 1. The van der Waals surface area contributed by atoms with Crippen LogP contribution in [0.15, 0.2) is 42.7 Å². The molecule has 0 saturated carbocycles. The first-order valence-electron chi connectivity index (χ1n) is 8.64. The standard InChI is InChI=1S/C19H20N6O/c1-12-4-5-15-14(9-12)10-16(22-15)19(26)21-8-6-17-23-18(25-24-17)13-3-2-7-20-11-13/h2-5,7,9,11,16,22H,6,8,10H2,1H3,(H,21,26)(H,23,24,25). The lowest BCUT2D eigenvalue weighted by Gasteiger charge is -2.11. The monoisotopic (exact) mass is 348 g/mol. The third-order valence-corrected chi connectivity index (χ3v) is 4.44. The highest BCUT2D eigenvalue weighted by Crippen LogP contribution is 2.26. The Morgan fingerprint density at radius 1 is 1.35 bits per heavy atom. The predicted octanol–water partition coefficient (Wildman–Crippen LogP) is 1.87. The number of carbonyl (C=O) groups excluding carboxylic acids is 1. The SMILES string of the molecule is Cc1ccc2c(c1)CC(C(=O)NCCc1nc(-c3cccnc3)n[nH]1)N2. The third kappa shape index (κ3) is 3.42. The van der Waals surface area contributed by atoms with Crippen molar-refractivity contribution in [1.82, 2.24) is 25.5 Å². The van der Waals surface area contributed by atoms with Gasteiger partial charge in [-0.15, -0.1) is 0 Å². The summed E-state index contributed by atoms with van der Waals surface area (Å²) in [6, 6.07) is 9.76. The molecule has 0 saturated heterocycles. The number of nitrogens with one attached hydrogen (secondary N) is 3. The lowest BCUT2D eigenvalue weighted by atomic mass is 10.1. The van der Waals surface area contributed by atoms with E-state index in [0.717, 1.165) is 23.5 Å². The van der Waals surface area contributed by atoms with E-state index in [4.69, 9.17) is 0 Å². The number of rotatable bonds is 5. The lowest BCUT2D eigenvalue weighted by molar-refractivity contribution is -0.121. The van der Waals surface area contributed by atoms with Gasteiger partial charge in [0.2, 0.25) is 5.91 Å². The molecule has 0 bridgehead atoms. The molecule has 1 atom stereocenters. The number of hydrogen-bond donors (Lipinski definition) is 3. The zero-order chi connectivity index (χ0) is 17.9. The van der Waals surface area contributed by atoms with Crippen molar-refractivity contribution in [3.05, 3.63) is 59.7 Å². The second kappa shape index (κ2) is 6.95. The molecule has 0 aliphatic carbocycles. The van der Waals surface area contributed by atoms with Gasteiger partial charge in [-0.3, -0.25) is 14.9 Å². The first-order valence-corrected chi connectivity index (χ1v) is 8.64. The van der Waals surface area contributed by atoms with Crippen molar-refractivity contribution < 1.29 is 4.79 Å². The largest absolute Gasteiger partial charge is 0.373 e. The van der Waals surface area contributed by atoms with Crippen molar-refractivity contribution in [2.75, 3.05) is 11.9 Å². The van der Waals surface area contributed by atoms with Crippen LogP contribution >= 0.6 is 0 Å². The Morgan fingerprint density at radius 3 is 3.12 bits per heavy atom. The van der Waals surface area contributed by atoms with E-state index in [0.29, 0.717) is 18.8 Å². The van der Waals surface area contributed by atoms with Crippen LogP contribution in [-0.4, -0.2) is 38.7 Å². The van der Waals surface area contributed by atoms with Crippen LogP contribution in [-0.2, 0) is 17.6 Å². The number of fused-ring (bicyclic) bond motifs is 1. The minimum atomic E-state index is -0.215. The van der Waals surface area contributed by atoms with Gasteiger partial charge in [0.1, 0.15) is 11.9 Å². The summed E-state index contributed by atoms with van der Waals surface area (Å²) in [6.07, 6.45) is 4.75. The smallest absolute Gasteiger partial charge is 0.242 e. The highest BCUT2D eigenvalue weighted by molar-refractivity contribution is 5.87. The molecular formula is C19H20N6O. The zero-order valence-corrected chi connectivity index (χ0v) is 14.5. The fourth-order valence-corrected chi connectivity index (χ4v) is 3.11. The Bertz CT molecular complexity index is 921. The maximum atomic E-state index is 12.4. The Kier molecular flexibility index (Phi) is 4.35. The summed E-state index contributed by atoms with van der Waals surface area (Å²) in [5.41, 5.74) is 4.32. The number of benzene rings is 1.